The lowest BCUT2D eigenvalue weighted by molar-refractivity contribution is 0.102. The zero-order valence-electron chi connectivity index (χ0n) is 10.8. The van der Waals surface area contributed by atoms with E-state index in [0.29, 0.717) is 17.1 Å². The Kier molecular flexibility index (Phi) is 2.75. The van der Waals surface area contributed by atoms with Crippen molar-refractivity contribution in [1.29, 1.82) is 0 Å². The van der Waals surface area contributed by atoms with Gasteiger partial charge in [0.2, 0.25) is 6.79 Å². The number of benzene rings is 2. The minimum Gasteiger partial charge on any atom is -0.454 e. The fourth-order valence-electron chi connectivity index (χ4n) is 2.18. The van der Waals surface area contributed by atoms with Crippen LogP contribution in [0.5, 0.6) is 11.5 Å². The molecule has 0 radical (unpaired) electrons. The van der Waals surface area contributed by atoms with E-state index in [9.17, 15) is 4.79 Å². The highest BCUT2D eigenvalue weighted by atomic mass is 32.1. The van der Waals surface area contributed by atoms with Gasteiger partial charge in [0.1, 0.15) is 0 Å². The van der Waals surface area contributed by atoms with Gasteiger partial charge in [0.25, 0.3) is 5.91 Å². The number of aromatic nitrogens is 1. The SMILES string of the molecule is O=C(Nc1ccc2scnc2c1)c1ccc2c(c1)OCO2. The molecule has 0 atom stereocenters. The lowest BCUT2D eigenvalue weighted by atomic mass is 10.2. The first-order chi connectivity index (χ1) is 10.3. The van der Waals surface area contributed by atoms with E-state index in [2.05, 4.69) is 10.3 Å². The summed E-state index contributed by atoms with van der Waals surface area (Å²) in [5, 5.41) is 2.86. The minimum atomic E-state index is -0.192. The number of nitrogens with one attached hydrogen (secondary N) is 1. The van der Waals surface area contributed by atoms with Crippen molar-refractivity contribution in [3.63, 3.8) is 0 Å². The number of carbonyl (C=O) groups is 1. The van der Waals surface area contributed by atoms with Crippen molar-refractivity contribution < 1.29 is 14.3 Å². The Bertz CT molecular complexity index is 844. The van der Waals surface area contributed by atoms with E-state index in [4.69, 9.17) is 9.47 Å². The number of hydrogen-bond donors (Lipinski definition) is 1. The molecule has 6 heteroatoms. The molecule has 1 aliphatic heterocycles. The lowest BCUT2D eigenvalue weighted by Crippen LogP contribution is -2.11. The third-order valence-corrected chi connectivity index (χ3v) is 4.03. The average Bonchev–Trinajstić information content (AvgIpc) is 3.14. The first-order valence-electron chi connectivity index (χ1n) is 6.34. The molecule has 0 bridgehead atoms. The van der Waals surface area contributed by atoms with Crippen LogP contribution in [0.3, 0.4) is 0 Å². The normalized spacial score (nSPS) is 12.6. The van der Waals surface area contributed by atoms with Gasteiger partial charge in [-0.15, -0.1) is 11.3 Å². The van der Waals surface area contributed by atoms with Gasteiger partial charge in [-0.1, -0.05) is 0 Å². The van der Waals surface area contributed by atoms with E-state index in [1.165, 1.54) is 0 Å². The van der Waals surface area contributed by atoms with Crippen LogP contribution in [-0.2, 0) is 0 Å². The molecule has 21 heavy (non-hydrogen) atoms. The number of anilines is 1. The summed E-state index contributed by atoms with van der Waals surface area (Å²) < 4.78 is 11.6. The van der Waals surface area contributed by atoms with Gasteiger partial charge in [0.15, 0.2) is 11.5 Å². The van der Waals surface area contributed by atoms with E-state index in [1.807, 2.05) is 18.2 Å². The van der Waals surface area contributed by atoms with Crippen LogP contribution in [0.25, 0.3) is 10.2 Å². The first kappa shape index (κ1) is 12.2. The van der Waals surface area contributed by atoms with E-state index < -0.39 is 0 Å². The maximum Gasteiger partial charge on any atom is 0.255 e. The van der Waals surface area contributed by atoms with E-state index in [0.717, 1.165) is 15.9 Å². The average molecular weight is 298 g/mol. The highest BCUT2D eigenvalue weighted by Gasteiger charge is 2.16. The lowest BCUT2D eigenvalue weighted by Gasteiger charge is -2.06. The maximum absolute atomic E-state index is 12.3. The number of fused-ring (bicyclic) bond motifs is 2. The zero-order chi connectivity index (χ0) is 14.2. The van der Waals surface area contributed by atoms with Crippen LogP contribution in [0, 0.1) is 0 Å². The Morgan fingerprint density at radius 3 is 3.00 bits per heavy atom. The predicted octanol–water partition coefficient (Wildman–Crippen LogP) is 3.28. The number of nitrogens with zero attached hydrogens (tertiary/aromatic N) is 1. The van der Waals surface area contributed by atoms with Gasteiger partial charge < -0.3 is 14.8 Å². The summed E-state index contributed by atoms with van der Waals surface area (Å²) >= 11 is 1.57. The molecule has 0 saturated heterocycles. The molecule has 3 aromatic rings. The van der Waals surface area contributed by atoms with E-state index >= 15 is 0 Å². The van der Waals surface area contributed by atoms with Crippen molar-refractivity contribution in [1.82, 2.24) is 4.98 Å². The van der Waals surface area contributed by atoms with Crippen molar-refractivity contribution in [3.8, 4) is 11.5 Å². The number of thiazole rings is 1. The molecule has 1 aliphatic rings. The molecule has 1 amide bonds. The van der Waals surface area contributed by atoms with Crippen molar-refractivity contribution in [2.45, 2.75) is 0 Å². The summed E-state index contributed by atoms with van der Waals surface area (Å²) in [6, 6.07) is 10.8. The van der Waals surface area contributed by atoms with Gasteiger partial charge in [-0.3, -0.25) is 4.79 Å². The Balaban J connectivity index is 1.59. The number of carbonyl (C=O) groups excluding carboxylic acids is 1. The van der Waals surface area contributed by atoms with Crippen LogP contribution < -0.4 is 14.8 Å². The minimum absolute atomic E-state index is 0.192. The molecule has 0 saturated carbocycles. The molecule has 4 rings (SSSR count). The van der Waals surface area contributed by atoms with Gasteiger partial charge in [0, 0.05) is 11.3 Å². The van der Waals surface area contributed by atoms with Gasteiger partial charge in [0.05, 0.1) is 15.7 Å². The van der Waals surface area contributed by atoms with Crippen molar-refractivity contribution in [2.24, 2.45) is 0 Å². The summed E-state index contributed by atoms with van der Waals surface area (Å²) in [5.41, 5.74) is 3.91. The molecule has 1 N–H and O–H groups in total. The summed E-state index contributed by atoms with van der Waals surface area (Å²) in [4.78, 5) is 16.5. The van der Waals surface area contributed by atoms with Crippen molar-refractivity contribution in [3.05, 3.63) is 47.5 Å². The Morgan fingerprint density at radius 1 is 1.14 bits per heavy atom. The molecular formula is C15H10N2O3S. The molecule has 104 valence electrons. The van der Waals surface area contributed by atoms with Crippen LogP contribution in [0.4, 0.5) is 5.69 Å². The Morgan fingerprint density at radius 2 is 2.05 bits per heavy atom. The van der Waals surface area contributed by atoms with E-state index in [1.54, 1.807) is 35.0 Å². The third kappa shape index (κ3) is 2.19. The zero-order valence-corrected chi connectivity index (χ0v) is 11.6. The second kappa shape index (κ2) is 4.75. The Hall–Kier alpha value is -2.60. The summed E-state index contributed by atoms with van der Waals surface area (Å²) in [6.45, 7) is 0.195. The quantitative estimate of drug-likeness (QED) is 0.788. The molecule has 0 spiro atoms. The van der Waals surface area contributed by atoms with Gasteiger partial charge >= 0.3 is 0 Å². The largest absolute Gasteiger partial charge is 0.454 e. The summed E-state index contributed by atoms with van der Waals surface area (Å²) in [6.07, 6.45) is 0. The molecule has 0 fully saturated rings. The predicted molar refractivity (Wildman–Crippen MR) is 80.1 cm³/mol. The highest BCUT2D eigenvalue weighted by molar-refractivity contribution is 7.16. The van der Waals surface area contributed by atoms with Crippen LogP contribution in [0.1, 0.15) is 10.4 Å². The topological polar surface area (TPSA) is 60.5 Å². The van der Waals surface area contributed by atoms with E-state index in [-0.39, 0.29) is 12.7 Å². The van der Waals surface area contributed by atoms with Gasteiger partial charge in [-0.25, -0.2) is 4.98 Å². The van der Waals surface area contributed by atoms with Crippen LogP contribution in [0.15, 0.2) is 41.9 Å². The van der Waals surface area contributed by atoms with Crippen molar-refractivity contribution in [2.75, 3.05) is 12.1 Å². The fraction of sp³-hybridized carbons (Fsp3) is 0.0667. The monoisotopic (exact) mass is 298 g/mol. The third-order valence-electron chi connectivity index (χ3n) is 3.22. The number of amides is 1. The molecule has 2 heterocycles. The summed E-state index contributed by atoms with van der Waals surface area (Å²) in [7, 11) is 0. The first-order valence-corrected chi connectivity index (χ1v) is 7.22. The number of hydrogen-bond acceptors (Lipinski definition) is 5. The standard InChI is InChI=1S/C15H10N2O3S/c18-15(9-1-3-12-13(5-9)20-8-19-12)17-10-2-4-14-11(6-10)16-7-21-14/h1-7H,8H2,(H,17,18). The second-order valence-corrected chi connectivity index (χ2v) is 5.44. The maximum atomic E-state index is 12.3. The highest BCUT2D eigenvalue weighted by Crippen LogP contribution is 2.32. The Labute approximate surface area is 124 Å². The van der Waals surface area contributed by atoms with Gasteiger partial charge in [-0.05, 0) is 36.4 Å². The summed E-state index contributed by atoms with van der Waals surface area (Å²) in [5.74, 6) is 1.07. The smallest absolute Gasteiger partial charge is 0.255 e. The van der Waals surface area contributed by atoms with Crippen LogP contribution in [-0.4, -0.2) is 17.7 Å². The molecule has 5 nitrogen and oxygen atoms in total. The number of rotatable bonds is 2. The fourth-order valence-corrected chi connectivity index (χ4v) is 2.84. The molecule has 0 aliphatic carbocycles. The number of ether oxygens (including phenoxy) is 2. The second-order valence-electron chi connectivity index (χ2n) is 4.56. The molecule has 0 unspecified atom stereocenters. The van der Waals surface area contributed by atoms with Crippen molar-refractivity contribution >= 4 is 33.1 Å². The molecule has 1 aromatic heterocycles. The molecule has 2 aromatic carbocycles. The van der Waals surface area contributed by atoms with Crippen LogP contribution >= 0.6 is 11.3 Å². The van der Waals surface area contributed by atoms with Gasteiger partial charge in [-0.2, -0.15) is 0 Å². The van der Waals surface area contributed by atoms with Crippen LogP contribution in [0.2, 0.25) is 0 Å². The molecular weight excluding hydrogens is 288 g/mol.